The van der Waals surface area contributed by atoms with Crippen LogP contribution < -0.4 is 0 Å². The minimum absolute atomic E-state index is 0.0278. The van der Waals surface area contributed by atoms with Gasteiger partial charge < -0.3 is 4.74 Å². The molecule has 1 aromatic carbocycles. The van der Waals surface area contributed by atoms with Gasteiger partial charge in [-0.15, -0.1) is 11.6 Å². The number of para-hydroxylation sites is 1. The number of nitrogens with zero attached hydrogens (tertiary/aromatic N) is 1. The standard InChI is InChI=1S/C13H13ClF3NO/c1-7(2)10(14)12-18-11-8(6-19-12)4-3-5-9(11)13(15,16)17/h3-5,7,10H,6H2,1-2H3. The zero-order valence-corrected chi connectivity index (χ0v) is 11.2. The normalized spacial score (nSPS) is 16.7. The van der Waals surface area contributed by atoms with Crippen molar-refractivity contribution in [1.82, 2.24) is 0 Å². The summed E-state index contributed by atoms with van der Waals surface area (Å²) >= 11 is 6.09. The van der Waals surface area contributed by atoms with E-state index in [0.29, 0.717) is 5.56 Å². The van der Waals surface area contributed by atoms with Crippen molar-refractivity contribution in [1.29, 1.82) is 0 Å². The zero-order chi connectivity index (χ0) is 14.2. The molecule has 0 N–H and O–H groups in total. The SMILES string of the molecule is CC(C)C(Cl)C1=Nc2c(cccc2C(F)(F)F)CO1. The molecule has 0 saturated heterocycles. The molecule has 0 radical (unpaired) electrons. The predicted octanol–water partition coefficient (Wildman–Crippen LogP) is 4.53. The highest BCUT2D eigenvalue weighted by atomic mass is 35.5. The molecule has 1 aromatic rings. The van der Waals surface area contributed by atoms with Crippen molar-refractivity contribution in [3.8, 4) is 0 Å². The van der Waals surface area contributed by atoms with Crippen LogP contribution in [0.2, 0.25) is 0 Å². The van der Waals surface area contributed by atoms with Gasteiger partial charge in [-0.1, -0.05) is 26.0 Å². The second-order valence-corrected chi connectivity index (χ2v) is 5.17. The first-order valence-electron chi connectivity index (χ1n) is 5.85. The summed E-state index contributed by atoms with van der Waals surface area (Å²) in [6, 6.07) is 3.94. The molecular formula is C13H13ClF3NO. The average molecular weight is 292 g/mol. The lowest BCUT2D eigenvalue weighted by Gasteiger charge is -2.23. The number of halogens is 4. The van der Waals surface area contributed by atoms with Crippen molar-refractivity contribution in [2.24, 2.45) is 10.9 Å². The first kappa shape index (κ1) is 14.2. The minimum atomic E-state index is -4.43. The van der Waals surface area contributed by atoms with Crippen LogP contribution in [0.3, 0.4) is 0 Å². The number of hydrogen-bond acceptors (Lipinski definition) is 2. The van der Waals surface area contributed by atoms with Crippen LogP contribution in [0.15, 0.2) is 23.2 Å². The van der Waals surface area contributed by atoms with E-state index in [1.54, 1.807) is 6.07 Å². The fourth-order valence-electron chi connectivity index (χ4n) is 1.79. The Morgan fingerprint density at radius 3 is 2.58 bits per heavy atom. The van der Waals surface area contributed by atoms with Gasteiger partial charge in [0.2, 0.25) is 5.90 Å². The summed E-state index contributed by atoms with van der Waals surface area (Å²) < 4.78 is 44.1. The number of ether oxygens (including phenoxy) is 1. The van der Waals surface area contributed by atoms with Crippen molar-refractivity contribution in [2.75, 3.05) is 0 Å². The number of alkyl halides is 4. The summed E-state index contributed by atoms with van der Waals surface area (Å²) in [6.07, 6.45) is -4.43. The van der Waals surface area contributed by atoms with Gasteiger partial charge >= 0.3 is 6.18 Å². The third-order valence-electron chi connectivity index (χ3n) is 2.84. The summed E-state index contributed by atoms with van der Waals surface area (Å²) in [5, 5.41) is -0.533. The third kappa shape index (κ3) is 2.86. The van der Waals surface area contributed by atoms with Gasteiger partial charge in [-0.05, 0) is 12.0 Å². The molecule has 6 heteroatoms. The molecule has 0 fully saturated rings. The van der Waals surface area contributed by atoms with E-state index in [1.807, 2.05) is 13.8 Å². The molecule has 19 heavy (non-hydrogen) atoms. The average Bonchev–Trinajstić information content (AvgIpc) is 2.35. The number of benzene rings is 1. The number of rotatable bonds is 2. The molecule has 1 aliphatic rings. The lowest BCUT2D eigenvalue weighted by atomic mass is 10.1. The molecule has 2 rings (SSSR count). The summed E-state index contributed by atoms with van der Waals surface area (Å²) in [5.74, 6) is 0.181. The number of aliphatic imine (C=N–C) groups is 1. The molecule has 0 aromatic heterocycles. The first-order valence-corrected chi connectivity index (χ1v) is 6.29. The smallest absolute Gasteiger partial charge is 0.418 e. The maximum absolute atomic E-state index is 12.9. The van der Waals surface area contributed by atoms with E-state index in [0.717, 1.165) is 6.07 Å². The van der Waals surface area contributed by atoms with Gasteiger partial charge in [-0.3, -0.25) is 0 Å². The van der Waals surface area contributed by atoms with Crippen LogP contribution in [-0.4, -0.2) is 11.3 Å². The second kappa shape index (κ2) is 5.04. The Morgan fingerprint density at radius 2 is 2.00 bits per heavy atom. The maximum atomic E-state index is 12.9. The van der Waals surface area contributed by atoms with Crippen LogP contribution in [-0.2, 0) is 17.5 Å². The van der Waals surface area contributed by atoms with Crippen molar-refractivity contribution in [3.63, 3.8) is 0 Å². The van der Waals surface area contributed by atoms with Crippen molar-refractivity contribution >= 4 is 23.2 Å². The molecule has 1 aliphatic heterocycles. The number of fused-ring (bicyclic) bond motifs is 1. The Morgan fingerprint density at radius 1 is 1.32 bits per heavy atom. The quantitative estimate of drug-likeness (QED) is 0.734. The second-order valence-electron chi connectivity index (χ2n) is 4.70. The Bertz CT molecular complexity index is 511. The molecule has 0 amide bonds. The minimum Gasteiger partial charge on any atom is -0.475 e. The maximum Gasteiger partial charge on any atom is 0.418 e. The highest BCUT2D eigenvalue weighted by Crippen LogP contribution is 2.40. The van der Waals surface area contributed by atoms with E-state index in [2.05, 4.69) is 4.99 Å². The van der Waals surface area contributed by atoms with Crippen LogP contribution >= 0.6 is 11.6 Å². The highest BCUT2D eigenvalue weighted by molar-refractivity contribution is 6.31. The summed E-state index contributed by atoms with van der Waals surface area (Å²) in [7, 11) is 0. The van der Waals surface area contributed by atoms with Gasteiger partial charge in [0.15, 0.2) is 0 Å². The summed E-state index contributed by atoms with van der Waals surface area (Å²) in [5.41, 5.74) is -0.410. The van der Waals surface area contributed by atoms with Gasteiger partial charge in [0.05, 0.1) is 11.3 Å². The fraction of sp³-hybridized carbons (Fsp3) is 0.462. The van der Waals surface area contributed by atoms with Gasteiger partial charge in [0, 0.05) is 5.56 Å². The Hall–Kier alpha value is -1.23. The van der Waals surface area contributed by atoms with E-state index in [9.17, 15) is 13.2 Å². The zero-order valence-electron chi connectivity index (χ0n) is 10.5. The van der Waals surface area contributed by atoms with Crippen LogP contribution in [0.25, 0.3) is 0 Å². The van der Waals surface area contributed by atoms with Crippen LogP contribution in [0.4, 0.5) is 18.9 Å². The topological polar surface area (TPSA) is 21.6 Å². The molecule has 1 unspecified atom stereocenters. The van der Waals surface area contributed by atoms with Crippen molar-refractivity contribution < 1.29 is 17.9 Å². The van der Waals surface area contributed by atoms with E-state index < -0.39 is 17.1 Å². The Kier molecular flexibility index (Phi) is 3.76. The molecule has 0 spiro atoms. The van der Waals surface area contributed by atoms with Crippen molar-refractivity contribution in [2.45, 2.75) is 32.0 Å². The van der Waals surface area contributed by atoms with Gasteiger partial charge in [-0.2, -0.15) is 13.2 Å². The van der Waals surface area contributed by atoms with E-state index in [1.165, 1.54) is 6.07 Å². The van der Waals surface area contributed by atoms with E-state index in [4.69, 9.17) is 16.3 Å². The van der Waals surface area contributed by atoms with Gasteiger partial charge in [0.1, 0.15) is 12.0 Å². The van der Waals surface area contributed by atoms with Crippen molar-refractivity contribution in [3.05, 3.63) is 29.3 Å². The molecule has 0 aliphatic carbocycles. The fourth-order valence-corrected chi connectivity index (χ4v) is 1.90. The lowest BCUT2D eigenvalue weighted by Crippen LogP contribution is -2.25. The first-order chi connectivity index (χ1) is 8.80. The molecule has 1 heterocycles. The third-order valence-corrected chi connectivity index (χ3v) is 3.53. The Labute approximate surface area is 114 Å². The Balaban J connectivity index is 2.49. The van der Waals surface area contributed by atoms with Crippen LogP contribution in [0, 0.1) is 5.92 Å². The summed E-state index contributed by atoms with van der Waals surface area (Å²) in [6.45, 7) is 3.78. The molecule has 0 saturated carbocycles. The van der Waals surface area contributed by atoms with E-state index in [-0.39, 0.29) is 24.1 Å². The molecular weight excluding hydrogens is 279 g/mol. The summed E-state index contributed by atoms with van der Waals surface area (Å²) in [4.78, 5) is 3.98. The van der Waals surface area contributed by atoms with Crippen LogP contribution in [0.5, 0.6) is 0 Å². The predicted molar refractivity (Wildman–Crippen MR) is 67.8 cm³/mol. The van der Waals surface area contributed by atoms with Crippen LogP contribution in [0.1, 0.15) is 25.0 Å². The highest BCUT2D eigenvalue weighted by Gasteiger charge is 2.36. The molecule has 0 bridgehead atoms. The van der Waals surface area contributed by atoms with Gasteiger partial charge in [0.25, 0.3) is 0 Å². The van der Waals surface area contributed by atoms with E-state index >= 15 is 0 Å². The van der Waals surface area contributed by atoms with Gasteiger partial charge in [-0.25, -0.2) is 4.99 Å². The largest absolute Gasteiger partial charge is 0.475 e. The lowest BCUT2D eigenvalue weighted by molar-refractivity contribution is -0.137. The monoisotopic (exact) mass is 291 g/mol. The number of hydrogen-bond donors (Lipinski definition) is 0. The molecule has 1 atom stereocenters. The molecule has 104 valence electrons. The molecule has 2 nitrogen and oxygen atoms in total.